The van der Waals surface area contributed by atoms with E-state index in [1.165, 1.54) is 18.7 Å². The number of ether oxygens (including phenoxy) is 1. The van der Waals surface area contributed by atoms with Crippen molar-refractivity contribution >= 4 is 34.6 Å². The van der Waals surface area contributed by atoms with Crippen molar-refractivity contribution in [2.24, 2.45) is 7.05 Å². The van der Waals surface area contributed by atoms with Gasteiger partial charge < -0.3 is 15.0 Å². The van der Waals surface area contributed by atoms with Crippen LogP contribution in [0.2, 0.25) is 5.02 Å². The number of fused-ring (bicyclic) bond motifs is 1. The number of amides is 1. The van der Waals surface area contributed by atoms with Gasteiger partial charge in [0.1, 0.15) is 11.3 Å². The Morgan fingerprint density at radius 2 is 2.00 bits per heavy atom. The molecule has 2 heterocycles. The van der Waals surface area contributed by atoms with Crippen LogP contribution >= 0.6 is 11.6 Å². The Morgan fingerprint density at radius 1 is 1.27 bits per heavy atom. The van der Waals surface area contributed by atoms with E-state index < -0.39 is 23.3 Å². The number of aromatic amines is 2. The van der Waals surface area contributed by atoms with E-state index in [0.717, 1.165) is 0 Å². The van der Waals surface area contributed by atoms with Gasteiger partial charge in [0.15, 0.2) is 5.65 Å². The Hall–Kier alpha value is -3.40. The lowest BCUT2D eigenvalue weighted by molar-refractivity contribution is -0.141. The Labute approximate surface area is 175 Å². The summed E-state index contributed by atoms with van der Waals surface area (Å²) in [5.74, 6) is -0.446. The second-order valence-electron chi connectivity index (χ2n) is 6.62. The van der Waals surface area contributed by atoms with Gasteiger partial charge in [-0.2, -0.15) is 0 Å². The molecular formula is C19H20ClN5O5. The Balaban J connectivity index is 1.74. The lowest BCUT2D eigenvalue weighted by atomic mass is 10.0. The molecule has 0 bridgehead atoms. The number of esters is 1. The minimum atomic E-state index is -0.655. The van der Waals surface area contributed by atoms with E-state index in [0.29, 0.717) is 16.4 Å². The minimum Gasteiger partial charge on any atom is -0.469 e. The number of carbonyl (C=O) groups excluding carboxylic acids is 2. The molecule has 2 aromatic heterocycles. The lowest BCUT2D eigenvalue weighted by Gasteiger charge is -2.19. The quantitative estimate of drug-likeness (QED) is 0.474. The first-order chi connectivity index (χ1) is 14.3. The molecule has 0 fully saturated rings. The van der Waals surface area contributed by atoms with Crippen LogP contribution < -0.4 is 16.6 Å². The van der Waals surface area contributed by atoms with E-state index in [1.54, 1.807) is 24.3 Å². The molecule has 1 unspecified atom stereocenters. The largest absolute Gasteiger partial charge is 0.469 e. The SMILES string of the molecule is COC(=O)CC(NC(=O)CCc1nc2c([nH]1)c(=O)[nH]c(=O)n2C)c1ccccc1Cl. The number of nitrogens with zero attached hydrogens (tertiary/aromatic N) is 2. The van der Waals surface area contributed by atoms with Crippen LogP contribution in [0.15, 0.2) is 33.9 Å². The third kappa shape index (κ3) is 4.60. The first kappa shape index (κ1) is 21.3. The highest BCUT2D eigenvalue weighted by Gasteiger charge is 2.21. The zero-order valence-electron chi connectivity index (χ0n) is 16.3. The van der Waals surface area contributed by atoms with Crippen LogP contribution in [0.3, 0.4) is 0 Å². The molecule has 0 radical (unpaired) electrons. The molecule has 3 N–H and O–H groups in total. The molecule has 0 aliphatic carbocycles. The summed E-state index contributed by atoms with van der Waals surface area (Å²) < 4.78 is 5.92. The van der Waals surface area contributed by atoms with E-state index in [-0.39, 0.29) is 36.3 Å². The summed E-state index contributed by atoms with van der Waals surface area (Å²) >= 11 is 6.21. The van der Waals surface area contributed by atoms with Gasteiger partial charge >= 0.3 is 11.7 Å². The number of carbonyl (C=O) groups is 2. The van der Waals surface area contributed by atoms with Gasteiger partial charge in [-0.1, -0.05) is 29.8 Å². The average Bonchev–Trinajstić information content (AvgIpc) is 3.15. The highest BCUT2D eigenvalue weighted by atomic mass is 35.5. The van der Waals surface area contributed by atoms with Crippen molar-refractivity contribution in [3.8, 4) is 0 Å². The molecule has 10 nitrogen and oxygen atoms in total. The lowest BCUT2D eigenvalue weighted by Crippen LogP contribution is -2.31. The number of halogens is 1. The number of rotatable bonds is 7. The van der Waals surface area contributed by atoms with Crippen LogP contribution in [0.25, 0.3) is 11.2 Å². The third-order valence-electron chi connectivity index (χ3n) is 4.61. The van der Waals surface area contributed by atoms with Crippen molar-refractivity contribution in [1.29, 1.82) is 0 Å². The van der Waals surface area contributed by atoms with Gasteiger partial charge in [0, 0.05) is 24.9 Å². The maximum atomic E-state index is 12.5. The Morgan fingerprint density at radius 3 is 2.70 bits per heavy atom. The number of benzene rings is 1. The first-order valence-electron chi connectivity index (χ1n) is 9.08. The van der Waals surface area contributed by atoms with Gasteiger partial charge in [0.25, 0.3) is 5.56 Å². The molecule has 3 aromatic rings. The van der Waals surface area contributed by atoms with Crippen molar-refractivity contribution < 1.29 is 14.3 Å². The maximum Gasteiger partial charge on any atom is 0.329 e. The van der Waals surface area contributed by atoms with Crippen LogP contribution in [0, 0.1) is 0 Å². The minimum absolute atomic E-state index is 0.0355. The predicted molar refractivity (Wildman–Crippen MR) is 109 cm³/mol. The van der Waals surface area contributed by atoms with Gasteiger partial charge in [0.05, 0.1) is 19.6 Å². The smallest absolute Gasteiger partial charge is 0.329 e. The van der Waals surface area contributed by atoms with Crippen molar-refractivity contribution in [1.82, 2.24) is 24.8 Å². The molecule has 0 aliphatic rings. The van der Waals surface area contributed by atoms with E-state index in [4.69, 9.17) is 16.3 Å². The summed E-state index contributed by atoms with van der Waals surface area (Å²) in [6, 6.07) is 6.25. The number of hydrogen-bond acceptors (Lipinski definition) is 6. The second kappa shape index (κ2) is 8.95. The number of imidazole rings is 1. The zero-order valence-corrected chi connectivity index (χ0v) is 17.1. The number of hydrogen-bond donors (Lipinski definition) is 3. The molecule has 0 aliphatic heterocycles. The second-order valence-corrected chi connectivity index (χ2v) is 7.03. The fraction of sp³-hybridized carbons (Fsp3) is 0.316. The topological polar surface area (TPSA) is 139 Å². The van der Waals surface area contributed by atoms with E-state index in [9.17, 15) is 19.2 Å². The molecule has 158 valence electrons. The van der Waals surface area contributed by atoms with Crippen molar-refractivity contribution in [2.45, 2.75) is 25.3 Å². The summed E-state index contributed by atoms with van der Waals surface area (Å²) in [7, 11) is 2.75. The van der Waals surface area contributed by atoms with Crippen LogP contribution in [-0.4, -0.2) is 38.5 Å². The van der Waals surface area contributed by atoms with Crippen LogP contribution in [0.5, 0.6) is 0 Å². The molecule has 0 saturated carbocycles. The molecule has 3 rings (SSSR count). The summed E-state index contributed by atoms with van der Waals surface area (Å²) in [5, 5.41) is 3.21. The molecular weight excluding hydrogens is 414 g/mol. The molecule has 0 spiro atoms. The molecule has 1 aromatic carbocycles. The molecule has 11 heteroatoms. The highest BCUT2D eigenvalue weighted by Crippen LogP contribution is 2.25. The van der Waals surface area contributed by atoms with Crippen LogP contribution in [0.1, 0.15) is 30.3 Å². The fourth-order valence-corrected chi connectivity index (χ4v) is 3.28. The van der Waals surface area contributed by atoms with Crippen molar-refractivity contribution in [2.75, 3.05) is 7.11 Å². The van der Waals surface area contributed by atoms with Crippen molar-refractivity contribution in [3.05, 3.63) is 61.5 Å². The van der Waals surface area contributed by atoms with Gasteiger partial charge in [-0.3, -0.25) is 23.9 Å². The standard InChI is InChI=1S/C19H20ClN5O5/c1-25-17-16(18(28)24-19(25)29)22-13(23-17)7-8-14(26)21-12(9-15(27)30-2)10-5-3-4-6-11(10)20/h3-6,12H,7-9H2,1-2H3,(H,21,26)(H,22,23)(H,24,28,29). The number of aromatic nitrogens is 4. The van der Waals surface area contributed by atoms with Gasteiger partial charge in [-0.05, 0) is 11.6 Å². The maximum absolute atomic E-state index is 12.5. The summed E-state index contributed by atoms with van der Waals surface area (Å²) in [5.41, 5.74) is -0.184. The fourth-order valence-electron chi connectivity index (χ4n) is 3.02. The van der Waals surface area contributed by atoms with Crippen LogP contribution in [0.4, 0.5) is 0 Å². The monoisotopic (exact) mass is 433 g/mol. The van der Waals surface area contributed by atoms with Crippen molar-refractivity contribution in [3.63, 3.8) is 0 Å². The number of methoxy groups -OCH3 is 1. The van der Waals surface area contributed by atoms with Gasteiger partial charge in [-0.15, -0.1) is 0 Å². The van der Waals surface area contributed by atoms with E-state index in [2.05, 4.69) is 20.3 Å². The van der Waals surface area contributed by atoms with Gasteiger partial charge in [-0.25, -0.2) is 9.78 Å². The summed E-state index contributed by atoms with van der Waals surface area (Å²) in [6.07, 6.45) is 0.156. The normalized spacial score (nSPS) is 12.0. The first-order valence-corrected chi connectivity index (χ1v) is 9.46. The highest BCUT2D eigenvalue weighted by molar-refractivity contribution is 6.31. The molecule has 1 amide bonds. The van der Waals surface area contributed by atoms with Crippen LogP contribution in [-0.2, 0) is 27.8 Å². The molecule has 0 saturated heterocycles. The predicted octanol–water partition coefficient (Wildman–Crippen LogP) is 0.957. The summed E-state index contributed by atoms with van der Waals surface area (Å²) in [6.45, 7) is 0. The van der Waals surface area contributed by atoms with E-state index in [1.807, 2.05) is 0 Å². The number of nitrogens with one attached hydrogen (secondary N) is 3. The number of aryl methyl sites for hydroxylation is 2. The number of H-pyrrole nitrogens is 2. The molecule has 1 atom stereocenters. The average molecular weight is 434 g/mol. The molecule has 30 heavy (non-hydrogen) atoms. The zero-order chi connectivity index (χ0) is 21.8. The van der Waals surface area contributed by atoms with E-state index >= 15 is 0 Å². The summed E-state index contributed by atoms with van der Waals surface area (Å²) in [4.78, 5) is 57.1. The Kier molecular flexibility index (Phi) is 6.36. The third-order valence-corrected chi connectivity index (χ3v) is 4.95. The van der Waals surface area contributed by atoms with Gasteiger partial charge in [0.2, 0.25) is 5.91 Å². The Bertz CT molecular complexity index is 1210.